The van der Waals surface area contributed by atoms with Gasteiger partial charge in [0.05, 0.1) is 17.7 Å². The van der Waals surface area contributed by atoms with Gasteiger partial charge in [-0.1, -0.05) is 42.5 Å². The van der Waals surface area contributed by atoms with Crippen LogP contribution in [-0.4, -0.2) is 25.8 Å². The summed E-state index contributed by atoms with van der Waals surface area (Å²) in [6.07, 6.45) is 0.481. The van der Waals surface area contributed by atoms with E-state index in [1.54, 1.807) is 24.3 Å². The molecule has 1 unspecified atom stereocenters. The summed E-state index contributed by atoms with van der Waals surface area (Å²) in [5.41, 5.74) is -0.584. The third kappa shape index (κ3) is 3.82. The summed E-state index contributed by atoms with van der Waals surface area (Å²) < 4.78 is 0.813. The number of rotatable bonds is 5. The molecule has 8 nitrogen and oxygen atoms in total. The van der Waals surface area contributed by atoms with Gasteiger partial charge in [-0.25, -0.2) is 9.59 Å². The summed E-state index contributed by atoms with van der Waals surface area (Å²) in [5, 5.41) is 22.0. The van der Waals surface area contributed by atoms with Crippen molar-refractivity contribution in [3.05, 3.63) is 92.3 Å². The van der Waals surface area contributed by atoms with Crippen molar-refractivity contribution in [2.75, 3.05) is 0 Å². The molecule has 3 aromatic rings. The van der Waals surface area contributed by atoms with E-state index in [9.17, 15) is 19.6 Å². The number of H-pyrrole nitrogens is 1. The normalized spacial score (nSPS) is 11.5. The van der Waals surface area contributed by atoms with Crippen molar-refractivity contribution in [1.29, 1.82) is 5.26 Å². The van der Waals surface area contributed by atoms with E-state index in [0.717, 1.165) is 15.8 Å². The van der Waals surface area contributed by atoms with E-state index >= 15 is 0 Å². The quantitative estimate of drug-likeness (QED) is 0.707. The topological polar surface area (TPSA) is 129 Å². The molecule has 2 aromatic carbocycles. The van der Waals surface area contributed by atoms with Gasteiger partial charge in [0.25, 0.3) is 5.56 Å². The first-order chi connectivity index (χ1) is 13.0. The molecule has 0 aliphatic heterocycles. The number of nitrogens with one attached hydrogen (secondary N) is 1. The number of benzene rings is 2. The Morgan fingerprint density at radius 2 is 1.81 bits per heavy atom. The molecular formula is C19H14N4O4. The minimum absolute atomic E-state index is 0.302. The zero-order chi connectivity index (χ0) is 19.4. The van der Waals surface area contributed by atoms with Gasteiger partial charge in [-0.05, 0) is 29.7 Å². The van der Waals surface area contributed by atoms with Crippen molar-refractivity contribution in [3.63, 3.8) is 0 Å². The monoisotopic (exact) mass is 362 g/mol. The summed E-state index contributed by atoms with van der Waals surface area (Å²) in [5.74, 6) is -1.84. The van der Waals surface area contributed by atoms with E-state index < -0.39 is 22.9 Å². The first-order valence-electron chi connectivity index (χ1n) is 8.00. The van der Waals surface area contributed by atoms with E-state index in [4.69, 9.17) is 5.11 Å². The van der Waals surface area contributed by atoms with E-state index in [1.807, 2.05) is 35.3 Å². The molecule has 0 aliphatic carbocycles. The number of aromatic nitrogens is 3. The van der Waals surface area contributed by atoms with Crippen molar-refractivity contribution < 1.29 is 9.90 Å². The first-order valence-corrected chi connectivity index (χ1v) is 8.00. The van der Waals surface area contributed by atoms with Crippen LogP contribution in [0.3, 0.4) is 0 Å². The van der Waals surface area contributed by atoms with Gasteiger partial charge in [-0.3, -0.25) is 9.78 Å². The number of aromatic carboxylic acids is 1. The van der Waals surface area contributed by atoms with Gasteiger partial charge in [0.15, 0.2) is 0 Å². The second-order valence-corrected chi connectivity index (χ2v) is 5.79. The van der Waals surface area contributed by atoms with Gasteiger partial charge in [0, 0.05) is 0 Å². The summed E-state index contributed by atoms with van der Waals surface area (Å²) in [4.78, 5) is 36.3. The Morgan fingerprint density at radius 3 is 2.41 bits per heavy atom. The molecule has 2 N–H and O–H groups in total. The van der Waals surface area contributed by atoms with Crippen LogP contribution in [0.2, 0.25) is 0 Å². The molecule has 8 heteroatoms. The minimum atomic E-state index is -1.53. The lowest BCUT2D eigenvalue weighted by molar-refractivity contribution is 0.0685. The summed E-state index contributed by atoms with van der Waals surface area (Å²) in [6, 6.07) is 18.3. The molecule has 0 radical (unpaired) electrons. The highest BCUT2D eigenvalue weighted by Crippen LogP contribution is 2.20. The Hall–Kier alpha value is -3.99. The predicted octanol–water partition coefficient (Wildman–Crippen LogP) is 1.47. The third-order valence-electron chi connectivity index (χ3n) is 4.01. The largest absolute Gasteiger partial charge is 0.476 e. The molecule has 0 aliphatic rings. The zero-order valence-electron chi connectivity index (χ0n) is 14.0. The summed E-state index contributed by atoms with van der Waals surface area (Å²) in [6.45, 7) is 0. The van der Waals surface area contributed by atoms with E-state index in [1.165, 1.54) is 0 Å². The van der Waals surface area contributed by atoms with Crippen molar-refractivity contribution in [1.82, 2.24) is 14.8 Å². The van der Waals surface area contributed by atoms with Crippen LogP contribution in [0.1, 0.15) is 27.5 Å². The number of hydrogen-bond acceptors (Lipinski definition) is 5. The fraction of sp³-hybridized carbons (Fsp3) is 0.105. The molecule has 27 heavy (non-hydrogen) atoms. The molecule has 0 saturated heterocycles. The highest BCUT2D eigenvalue weighted by atomic mass is 16.4. The summed E-state index contributed by atoms with van der Waals surface area (Å²) >= 11 is 0. The number of carboxylic acid groups (broad SMARTS) is 1. The Balaban J connectivity index is 1.89. The van der Waals surface area contributed by atoms with Crippen LogP contribution in [0.5, 0.6) is 0 Å². The Bertz CT molecular complexity index is 1130. The van der Waals surface area contributed by atoms with Gasteiger partial charge in [-0.15, -0.1) is 0 Å². The lowest BCUT2D eigenvalue weighted by Gasteiger charge is -2.10. The van der Waals surface area contributed by atoms with Crippen LogP contribution in [0.25, 0.3) is 5.69 Å². The number of aromatic amines is 1. The number of nitriles is 1. The second-order valence-electron chi connectivity index (χ2n) is 5.79. The lowest BCUT2D eigenvalue weighted by atomic mass is 9.93. The number of hydrogen-bond donors (Lipinski definition) is 2. The molecule has 134 valence electrons. The van der Waals surface area contributed by atoms with E-state index in [0.29, 0.717) is 12.1 Å². The number of carbonyl (C=O) groups is 1. The average molecular weight is 362 g/mol. The Morgan fingerprint density at radius 1 is 1.15 bits per heavy atom. The molecule has 0 saturated carbocycles. The van der Waals surface area contributed by atoms with Crippen molar-refractivity contribution in [2.45, 2.75) is 12.3 Å². The highest BCUT2D eigenvalue weighted by Gasteiger charge is 2.15. The van der Waals surface area contributed by atoms with Crippen LogP contribution in [0, 0.1) is 11.3 Å². The van der Waals surface area contributed by atoms with Crippen LogP contribution in [0.4, 0.5) is 0 Å². The standard InChI is InChI=1S/C19H14N4O4/c20-11-14(13-4-2-1-3-5-13)10-12-6-8-15(9-7-12)23-19(27)21-17(24)16(22-23)18(25)26/h1-9,14H,10H2,(H,25,26)(H,21,24,27). The van der Waals surface area contributed by atoms with E-state index in [2.05, 4.69) is 11.2 Å². The maximum atomic E-state index is 11.9. The molecule has 1 atom stereocenters. The first kappa shape index (κ1) is 17.8. The third-order valence-corrected chi connectivity index (χ3v) is 4.01. The van der Waals surface area contributed by atoms with Crippen LogP contribution >= 0.6 is 0 Å². The van der Waals surface area contributed by atoms with Crippen LogP contribution < -0.4 is 11.2 Å². The minimum Gasteiger partial charge on any atom is -0.476 e. The van der Waals surface area contributed by atoms with E-state index in [-0.39, 0.29) is 5.92 Å². The Kier molecular flexibility index (Phi) is 4.95. The van der Waals surface area contributed by atoms with Crippen molar-refractivity contribution in [2.24, 2.45) is 0 Å². The maximum Gasteiger partial charge on any atom is 0.362 e. The van der Waals surface area contributed by atoms with Crippen LogP contribution in [-0.2, 0) is 6.42 Å². The van der Waals surface area contributed by atoms with Gasteiger partial charge >= 0.3 is 11.7 Å². The molecule has 0 spiro atoms. The fourth-order valence-electron chi connectivity index (χ4n) is 2.65. The van der Waals surface area contributed by atoms with Gasteiger partial charge in [0.1, 0.15) is 0 Å². The summed E-state index contributed by atoms with van der Waals surface area (Å²) in [7, 11) is 0. The van der Waals surface area contributed by atoms with Gasteiger partial charge in [0.2, 0.25) is 5.69 Å². The van der Waals surface area contributed by atoms with Crippen molar-refractivity contribution >= 4 is 5.97 Å². The number of nitrogens with zero attached hydrogens (tertiary/aromatic N) is 3. The molecule has 1 heterocycles. The van der Waals surface area contributed by atoms with Gasteiger partial charge < -0.3 is 5.11 Å². The Labute approximate surface area is 153 Å². The second kappa shape index (κ2) is 7.49. The smallest absolute Gasteiger partial charge is 0.362 e. The maximum absolute atomic E-state index is 11.9. The molecule has 0 bridgehead atoms. The number of carboxylic acids is 1. The SMILES string of the molecule is N#CC(Cc1ccc(-n2nc(C(=O)O)c(=O)[nH]c2=O)cc1)c1ccccc1. The van der Waals surface area contributed by atoms with Crippen LogP contribution in [0.15, 0.2) is 64.2 Å². The zero-order valence-corrected chi connectivity index (χ0v) is 14.0. The fourth-order valence-corrected chi connectivity index (χ4v) is 2.65. The molecular weight excluding hydrogens is 348 g/mol. The van der Waals surface area contributed by atoms with Gasteiger partial charge in [-0.2, -0.15) is 15.0 Å². The average Bonchev–Trinajstić information content (AvgIpc) is 2.67. The predicted molar refractivity (Wildman–Crippen MR) is 95.9 cm³/mol. The lowest BCUT2D eigenvalue weighted by Crippen LogP contribution is -2.35. The molecule has 3 rings (SSSR count). The molecule has 0 fully saturated rings. The highest BCUT2D eigenvalue weighted by molar-refractivity contribution is 5.84. The molecule has 1 aromatic heterocycles. The van der Waals surface area contributed by atoms with Crippen molar-refractivity contribution in [3.8, 4) is 11.8 Å². The molecule has 0 amide bonds.